The van der Waals surface area contributed by atoms with Gasteiger partial charge in [-0.1, -0.05) is 37.6 Å². The lowest BCUT2D eigenvalue weighted by Crippen LogP contribution is -2.23. The molecule has 1 N–H and O–H groups in total. The van der Waals surface area contributed by atoms with E-state index in [-0.39, 0.29) is 0 Å². The molecule has 0 radical (unpaired) electrons. The molecule has 0 saturated heterocycles. The molecule has 1 aliphatic rings. The largest absolute Gasteiger partial charge is 0.306 e. The second-order valence-corrected chi connectivity index (χ2v) is 7.10. The van der Waals surface area contributed by atoms with Gasteiger partial charge in [0.2, 0.25) is 0 Å². The summed E-state index contributed by atoms with van der Waals surface area (Å²) in [5, 5.41) is 5.95. The molecule has 1 saturated carbocycles. The molecule has 2 aromatic rings. The van der Waals surface area contributed by atoms with Gasteiger partial charge in [-0.3, -0.25) is 0 Å². The van der Waals surface area contributed by atoms with Gasteiger partial charge < -0.3 is 5.32 Å². The number of hydrogen-bond acceptors (Lipinski definition) is 2. The van der Waals surface area contributed by atoms with Gasteiger partial charge in [-0.25, -0.2) is 0 Å². The van der Waals surface area contributed by atoms with Crippen LogP contribution in [0, 0.1) is 6.92 Å². The molecule has 0 spiro atoms. The van der Waals surface area contributed by atoms with Gasteiger partial charge in [-0.05, 0) is 66.8 Å². The van der Waals surface area contributed by atoms with Crippen LogP contribution < -0.4 is 5.32 Å². The third-order valence-corrected chi connectivity index (χ3v) is 5.67. The molecule has 1 heterocycles. The first-order chi connectivity index (χ1) is 10.3. The number of rotatable bonds is 6. The zero-order valence-electron chi connectivity index (χ0n) is 13.1. The highest BCUT2D eigenvalue weighted by Gasteiger charge is 2.22. The van der Waals surface area contributed by atoms with E-state index in [4.69, 9.17) is 0 Å². The molecule has 1 atom stereocenters. The highest BCUT2D eigenvalue weighted by atomic mass is 32.1. The Morgan fingerprint density at radius 3 is 2.76 bits per heavy atom. The van der Waals surface area contributed by atoms with Crippen molar-refractivity contribution in [3.63, 3.8) is 0 Å². The maximum absolute atomic E-state index is 3.74. The van der Waals surface area contributed by atoms with E-state index in [1.54, 1.807) is 0 Å². The maximum atomic E-state index is 3.74. The molecule has 0 aliphatic heterocycles. The molecule has 21 heavy (non-hydrogen) atoms. The van der Waals surface area contributed by atoms with Crippen LogP contribution in [0.3, 0.4) is 0 Å². The van der Waals surface area contributed by atoms with Gasteiger partial charge in [0, 0.05) is 4.88 Å². The van der Waals surface area contributed by atoms with Crippen molar-refractivity contribution in [2.45, 2.75) is 51.5 Å². The van der Waals surface area contributed by atoms with E-state index < -0.39 is 0 Å². The molecular formula is C19H25NS. The van der Waals surface area contributed by atoms with Gasteiger partial charge in [0.25, 0.3) is 0 Å². The molecule has 0 bridgehead atoms. The second kappa shape index (κ2) is 6.76. The van der Waals surface area contributed by atoms with Crippen LogP contribution in [-0.4, -0.2) is 6.54 Å². The molecule has 1 fully saturated rings. The summed E-state index contributed by atoms with van der Waals surface area (Å²) in [7, 11) is 0. The standard InChI is InChI=1S/C19H25NS/c1-3-11-20-18(19-14(2)10-12-21-19)17-9-5-8-16(13-17)15-6-4-7-15/h5,8-10,12-13,15,18,20H,3-4,6-7,11H2,1-2H3. The van der Waals surface area contributed by atoms with Crippen molar-refractivity contribution >= 4 is 11.3 Å². The van der Waals surface area contributed by atoms with Crippen molar-refractivity contribution in [2.75, 3.05) is 6.54 Å². The fraction of sp³-hybridized carbons (Fsp3) is 0.474. The van der Waals surface area contributed by atoms with Gasteiger partial charge in [0.15, 0.2) is 0 Å². The molecule has 1 aromatic carbocycles. The minimum atomic E-state index is 0.352. The quantitative estimate of drug-likeness (QED) is 0.751. The second-order valence-electron chi connectivity index (χ2n) is 6.15. The lowest BCUT2D eigenvalue weighted by atomic mass is 9.79. The number of aryl methyl sites for hydroxylation is 1. The number of hydrogen-bond donors (Lipinski definition) is 1. The van der Waals surface area contributed by atoms with Crippen molar-refractivity contribution < 1.29 is 0 Å². The Morgan fingerprint density at radius 1 is 1.29 bits per heavy atom. The van der Waals surface area contributed by atoms with E-state index in [2.05, 4.69) is 54.9 Å². The lowest BCUT2D eigenvalue weighted by molar-refractivity contribution is 0.419. The predicted octanol–water partition coefficient (Wildman–Crippen LogP) is 5.41. The number of nitrogens with one attached hydrogen (secondary N) is 1. The summed E-state index contributed by atoms with van der Waals surface area (Å²) in [6, 6.07) is 11.9. The molecule has 1 nitrogen and oxygen atoms in total. The Hall–Kier alpha value is -1.12. The van der Waals surface area contributed by atoms with Crippen molar-refractivity contribution in [2.24, 2.45) is 0 Å². The summed E-state index contributed by atoms with van der Waals surface area (Å²) >= 11 is 1.87. The normalized spacial score (nSPS) is 16.7. The Labute approximate surface area is 132 Å². The Bertz CT molecular complexity index is 583. The van der Waals surface area contributed by atoms with E-state index in [9.17, 15) is 0 Å². The third-order valence-electron chi connectivity index (χ3n) is 4.58. The summed E-state index contributed by atoms with van der Waals surface area (Å²) in [6.07, 6.45) is 5.31. The zero-order valence-corrected chi connectivity index (χ0v) is 13.9. The monoisotopic (exact) mass is 299 g/mol. The van der Waals surface area contributed by atoms with Crippen molar-refractivity contribution in [1.82, 2.24) is 5.32 Å². The van der Waals surface area contributed by atoms with Crippen LogP contribution in [0.5, 0.6) is 0 Å². The molecule has 3 rings (SSSR count). The minimum absolute atomic E-state index is 0.352. The molecule has 2 heteroatoms. The van der Waals surface area contributed by atoms with Crippen LogP contribution in [0.2, 0.25) is 0 Å². The van der Waals surface area contributed by atoms with Gasteiger partial charge in [-0.2, -0.15) is 0 Å². The van der Waals surface area contributed by atoms with Crippen LogP contribution in [0.25, 0.3) is 0 Å². The van der Waals surface area contributed by atoms with E-state index in [1.807, 2.05) is 11.3 Å². The minimum Gasteiger partial charge on any atom is -0.306 e. The van der Waals surface area contributed by atoms with Crippen molar-refractivity contribution in [3.05, 3.63) is 57.3 Å². The average Bonchev–Trinajstić information content (AvgIpc) is 2.84. The Balaban J connectivity index is 1.90. The average molecular weight is 299 g/mol. The van der Waals surface area contributed by atoms with Crippen LogP contribution in [0.15, 0.2) is 35.7 Å². The number of thiophene rings is 1. The molecule has 1 aliphatic carbocycles. The van der Waals surface area contributed by atoms with Crippen LogP contribution in [0.1, 0.15) is 66.1 Å². The topological polar surface area (TPSA) is 12.0 Å². The van der Waals surface area contributed by atoms with Crippen molar-refractivity contribution in [1.29, 1.82) is 0 Å². The summed E-state index contributed by atoms with van der Waals surface area (Å²) in [5.41, 5.74) is 4.37. The van der Waals surface area contributed by atoms with Gasteiger partial charge in [0.05, 0.1) is 6.04 Å². The summed E-state index contributed by atoms with van der Waals surface area (Å²) < 4.78 is 0. The first-order valence-corrected chi connectivity index (χ1v) is 9.04. The van der Waals surface area contributed by atoms with E-state index in [0.29, 0.717) is 6.04 Å². The molecule has 112 valence electrons. The predicted molar refractivity (Wildman–Crippen MR) is 92.2 cm³/mol. The summed E-state index contributed by atoms with van der Waals surface area (Å²) in [6.45, 7) is 5.52. The molecular weight excluding hydrogens is 274 g/mol. The highest BCUT2D eigenvalue weighted by molar-refractivity contribution is 7.10. The van der Waals surface area contributed by atoms with E-state index in [1.165, 1.54) is 47.3 Å². The lowest BCUT2D eigenvalue weighted by Gasteiger charge is -2.27. The number of benzene rings is 1. The zero-order chi connectivity index (χ0) is 14.7. The summed E-state index contributed by atoms with van der Waals surface area (Å²) in [4.78, 5) is 1.47. The molecule has 0 amide bonds. The highest BCUT2D eigenvalue weighted by Crippen LogP contribution is 2.38. The first-order valence-electron chi connectivity index (χ1n) is 8.17. The third kappa shape index (κ3) is 3.22. The van der Waals surface area contributed by atoms with Crippen LogP contribution in [-0.2, 0) is 0 Å². The van der Waals surface area contributed by atoms with E-state index in [0.717, 1.165) is 12.5 Å². The Morgan fingerprint density at radius 2 is 2.14 bits per heavy atom. The van der Waals surface area contributed by atoms with Gasteiger partial charge in [-0.15, -0.1) is 11.3 Å². The fourth-order valence-electron chi connectivity index (χ4n) is 3.06. The van der Waals surface area contributed by atoms with Gasteiger partial charge in [0.1, 0.15) is 0 Å². The summed E-state index contributed by atoms with van der Waals surface area (Å²) in [5.74, 6) is 0.807. The van der Waals surface area contributed by atoms with Crippen molar-refractivity contribution in [3.8, 4) is 0 Å². The van der Waals surface area contributed by atoms with E-state index >= 15 is 0 Å². The van der Waals surface area contributed by atoms with Crippen LogP contribution in [0.4, 0.5) is 0 Å². The maximum Gasteiger partial charge on any atom is 0.0673 e. The first kappa shape index (κ1) is 14.8. The van der Waals surface area contributed by atoms with Crippen LogP contribution >= 0.6 is 11.3 Å². The fourth-order valence-corrected chi connectivity index (χ4v) is 4.09. The molecule has 1 aromatic heterocycles. The molecule has 1 unspecified atom stereocenters. The SMILES string of the molecule is CCCNC(c1cccc(C2CCC2)c1)c1sccc1C. The van der Waals surface area contributed by atoms with Gasteiger partial charge >= 0.3 is 0 Å². The smallest absolute Gasteiger partial charge is 0.0673 e. The Kier molecular flexibility index (Phi) is 4.77.